The summed E-state index contributed by atoms with van der Waals surface area (Å²) in [6.07, 6.45) is 22.0. The Hall–Kier alpha value is 1.48. The van der Waals surface area contributed by atoms with Gasteiger partial charge in [-0.1, -0.05) is 136 Å². The van der Waals surface area contributed by atoms with Crippen molar-refractivity contribution < 1.29 is 24.5 Å². The first-order valence-corrected chi connectivity index (χ1v) is 27.2. The number of aliphatic hydroxyl groups excluding tert-OH is 2. The van der Waals surface area contributed by atoms with Gasteiger partial charge >= 0.3 is 5.97 Å². The Kier molecular flexibility index (Phi) is 28.5. The summed E-state index contributed by atoms with van der Waals surface area (Å²) in [5.41, 5.74) is 13.3. The molecule has 0 amide bonds. The number of nitrogen functional groups attached to an aromatic ring is 2. The number of hydrogen-bond donors (Lipinski definition) is 4. The number of anilines is 2. The van der Waals surface area contributed by atoms with Gasteiger partial charge in [-0.05, 0) is 173 Å². The van der Waals surface area contributed by atoms with Gasteiger partial charge < -0.3 is 26.4 Å². The van der Waals surface area contributed by atoms with Crippen LogP contribution >= 0.6 is 136 Å². The highest BCUT2D eigenvalue weighted by Crippen LogP contribution is 2.51. The fourth-order valence-electron chi connectivity index (χ4n) is 7.50. The van der Waals surface area contributed by atoms with Gasteiger partial charge in [0.2, 0.25) is 0 Å². The monoisotopic (exact) mass is 1450 g/mol. The number of rotatable bonds is 30. The zero-order valence-electron chi connectivity index (χ0n) is 33.3. The van der Waals surface area contributed by atoms with E-state index in [0.717, 1.165) is 64.8 Å². The smallest absolute Gasteiger partial charge is 0.325 e. The summed E-state index contributed by atoms with van der Waals surface area (Å²) < 4.78 is 11.1. The normalized spacial score (nSPS) is 13.8. The van der Waals surface area contributed by atoms with Crippen LogP contribution < -0.4 is 16.2 Å². The van der Waals surface area contributed by atoms with Crippen LogP contribution in [0.4, 0.5) is 11.4 Å². The fraction of sp³-hybridized carbons (Fsp3) is 0.674. The van der Waals surface area contributed by atoms with Crippen molar-refractivity contribution >= 4 is 159 Å². The molecule has 0 saturated heterocycles. The van der Waals surface area contributed by atoms with Gasteiger partial charge in [0, 0.05) is 26.6 Å². The molecule has 0 saturated carbocycles. The van der Waals surface area contributed by atoms with E-state index in [4.69, 9.17) is 16.2 Å². The Morgan fingerprint density at radius 3 is 1.55 bits per heavy atom. The number of Topliss-reactive ketones (excluding diaryl/α,β-unsaturated/α-hetero) is 1. The summed E-state index contributed by atoms with van der Waals surface area (Å²) in [5, 5.41) is 21.6. The zero-order chi connectivity index (χ0) is 41.7. The second-order valence-electron chi connectivity index (χ2n) is 15.2. The molecule has 0 fully saturated rings. The van der Waals surface area contributed by atoms with E-state index in [1.807, 2.05) is 12.1 Å². The minimum Gasteiger partial charge on any atom is -0.423 e. The molecule has 0 heterocycles. The third kappa shape index (κ3) is 17.0. The SMILES string of the molecule is CCCCCCCCCCCCCCCC(=O)C(CC(O)CO)(C(=O)Oc1c(I)cc(I)c(N)c1I)C(CCCCCCCCC)c1c(I)cc(I)c(N)c1I. The Balaban J connectivity index is 2.53. The first-order chi connectivity index (χ1) is 26.8. The van der Waals surface area contributed by atoms with Gasteiger partial charge in [-0.15, -0.1) is 0 Å². The van der Waals surface area contributed by atoms with Gasteiger partial charge in [-0.3, -0.25) is 9.59 Å². The van der Waals surface area contributed by atoms with Gasteiger partial charge in [-0.25, -0.2) is 0 Å². The van der Waals surface area contributed by atoms with Crippen LogP contribution in [-0.4, -0.2) is 34.7 Å². The third-order valence-corrected chi connectivity index (χ3v) is 16.5. The molecule has 0 aromatic heterocycles. The van der Waals surface area contributed by atoms with Crippen molar-refractivity contribution in [3.05, 3.63) is 39.1 Å². The molecule has 318 valence electrons. The molecule has 3 unspecified atom stereocenters. The molecule has 0 aliphatic carbocycles. The van der Waals surface area contributed by atoms with E-state index in [2.05, 4.69) is 149 Å². The van der Waals surface area contributed by atoms with Gasteiger partial charge in [0.1, 0.15) is 5.41 Å². The maximum absolute atomic E-state index is 15.2. The molecule has 2 aromatic carbocycles. The molecule has 0 bridgehead atoms. The summed E-state index contributed by atoms with van der Waals surface area (Å²) in [6.45, 7) is 3.88. The maximum atomic E-state index is 15.2. The molecule has 56 heavy (non-hydrogen) atoms. The molecule has 13 heteroatoms. The average Bonchev–Trinajstić information content (AvgIpc) is 3.17. The topological polar surface area (TPSA) is 136 Å². The van der Waals surface area contributed by atoms with Crippen LogP contribution in [0.25, 0.3) is 0 Å². The lowest BCUT2D eigenvalue weighted by Crippen LogP contribution is -2.50. The number of ketones is 1. The lowest BCUT2D eigenvalue weighted by molar-refractivity contribution is -0.158. The molecular formula is C43H64I6N2O5. The molecule has 7 nitrogen and oxygen atoms in total. The van der Waals surface area contributed by atoms with E-state index in [9.17, 15) is 10.2 Å². The predicted octanol–water partition coefficient (Wildman–Crippen LogP) is 14.1. The number of unbranched alkanes of at least 4 members (excludes halogenated alkanes) is 18. The van der Waals surface area contributed by atoms with Crippen LogP contribution in [0.1, 0.15) is 173 Å². The number of hydrogen-bond acceptors (Lipinski definition) is 7. The second kappa shape index (κ2) is 29.7. The molecule has 3 atom stereocenters. The molecule has 6 N–H and O–H groups in total. The number of aliphatic hydroxyl groups is 2. The third-order valence-electron chi connectivity index (χ3n) is 10.8. The molecule has 0 aliphatic heterocycles. The number of carbonyl (C=O) groups excluding carboxylic acids is 2. The molecule has 0 aliphatic rings. The van der Waals surface area contributed by atoms with E-state index in [-0.39, 0.29) is 18.6 Å². The first kappa shape index (κ1) is 53.6. The standard InChI is InChI=1S/C43H64I6N2O5/c1-3-5-7-9-11-12-13-14-15-16-18-20-22-24-35(54)43(27-29(53)28-52,42(55)56-41-34(47)26-33(46)40(51)38(41)49)30(23-21-19-17-10-8-6-4-2)36-31(44)25-32(45)39(50)37(36)48/h25-26,29-30,52-53H,3-24,27-28,50-51H2,1-2H3. The predicted molar refractivity (Wildman–Crippen MR) is 284 cm³/mol. The van der Waals surface area contributed by atoms with Crippen molar-refractivity contribution in [2.45, 2.75) is 174 Å². The van der Waals surface area contributed by atoms with Crippen molar-refractivity contribution in [1.29, 1.82) is 0 Å². The van der Waals surface area contributed by atoms with Gasteiger partial charge in [-0.2, -0.15) is 0 Å². The second-order valence-corrected chi connectivity index (χ2v) is 22.0. The van der Waals surface area contributed by atoms with Crippen LogP contribution in [0, 0.1) is 26.8 Å². The van der Waals surface area contributed by atoms with E-state index < -0.39 is 30.0 Å². The summed E-state index contributed by atoms with van der Waals surface area (Å²) in [7, 11) is 0. The van der Waals surface area contributed by atoms with Gasteiger partial charge in [0.25, 0.3) is 0 Å². The number of benzene rings is 2. The van der Waals surface area contributed by atoms with Crippen LogP contribution in [0.15, 0.2) is 12.1 Å². The average molecular weight is 1450 g/mol. The molecule has 2 rings (SSSR count). The van der Waals surface area contributed by atoms with Crippen molar-refractivity contribution in [2.24, 2.45) is 5.41 Å². The van der Waals surface area contributed by atoms with Crippen molar-refractivity contribution in [1.82, 2.24) is 0 Å². The van der Waals surface area contributed by atoms with Crippen molar-refractivity contribution in [3.8, 4) is 5.75 Å². The molecule has 0 spiro atoms. The number of halogens is 6. The van der Waals surface area contributed by atoms with Gasteiger partial charge in [0.05, 0.1) is 31.2 Å². The van der Waals surface area contributed by atoms with E-state index in [1.54, 1.807) is 0 Å². The largest absolute Gasteiger partial charge is 0.423 e. The number of nitrogens with two attached hydrogens (primary N) is 2. The van der Waals surface area contributed by atoms with Crippen LogP contribution in [0.2, 0.25) is 0 Å². The number of carbonyl (C=O) groups is 2. The quantitative estimate of drug-likeness (QED) is 0.0153. The Bertz CT molecular complexity index is 1510. The van der Waals surface area contributed by atoms with Crippen LogP contribution in [0.5, 0.6) is 5.75 Å². The highest BCUT2D eigenvalue weighted by atomic mass is 127. The zero-order valence-corrected chi connectivity index (χ0v) is 46.3. The lowest BCUT2D eigenvalue weighted by atomic mass is 9.63. The Labute approximate surface area is 419 Å². The molecule has 0 radical (unpaired) electrons. The summed E-state index contributed by atoms with van der Waals surface area (Å²) in [4.78, 5) is 30.4. The fourth-order valence-corrected chi connectivity index (χ4v) is 15.2. The van der Waals surface area contributed by atoms with E-state index in [1.165, 1.54) is 77.0 Å². The van der Waals surface area contributed by atoms with Crippen LogP contribution in [-0.2, 0) is 9.59 Å². The number of esters is 1. The lowest BCUT2D eigenvalue weighted by Gasteiger charge is -2.40. The van der Waals surface area contributed by atoms with E-state index >= 15 is 9.59 Å². The Morgan fingerprint density at radius 2 is 1.07 bits per heavy atom. The number of ether oxygens (including phenoxy) is 1. The summed E-state index contributed by atoms with van der Waals surface area (Å²) in [5.74, 6) is -1.29. The summed E-state index contributed by atoms with van der Waals surface area (Å²) in [6, 6.07) is 3.87. The Morgan fingerprint density at radius 1 is 0.643 bits per heavy atom. The highest BCUT2D eigenvalue weighted by Gasteiger charge is 2.55. The van der Waals surface area contributed by atoms with E-state index in [0.29, 0.717) is 37.1 Å². The summed E-state index contributed by atoms with van der Waals surface area (Å²) >= 11 is 13.2. The van der Waals surface area contributed by atoms with Crippen molar-refractivity contribution in [3.63, 3.8) is 0 Å². The first-order valence-electron chi connectivity index (χ1n) is 20.7. The molecule has 2 aromatic rings. The van der Waals surface area contributed by atoms with Crippen molar-refractivity contribution in [2.75, 3.05) is 18.1 Å². The van der Waals surface area contributed by atoms with Crippen LogP contribution in [0.3, 0.4) is 0 Å². The minimum absolute atomic E-state index is 0.175. The minimum atomic E-state index is -1.79. The molecular weight excluding hydrogens is 1390 g/mol. The van der Waals surface area contributed by atoms with Gasteiger partial charge in [0.15, 0.2) is 11.5 Å². The highest BCUT2D eigenvalue weighted by molar-refractivity contribution is 14.1. The maximum Gasteiger partial charge on any atom is 0.325 e.